The summed E-state index contributed by atoms with van der Waals surface area (Å²) in [5.74, 6) is -2.34. The Balaban J connectivity index is 1.37. The zero-order chi connectivity index (χ0) is 29.4. The van der Waals surface area contributed by atoms with Crippen LogP contribution in [0, 0.1) is 6.92 Å². The summed E-state index contributed by atoms with van der Waals surface area (Å²) in [6.07, 6.45) is 0.427. The van der Waals surface area contributed by atoms with E-state index in [1.807, 2.05) is 43.3 Å². The van der Waals surface area contributed by atoms with Crippen molar-refractivity contribution >= 4 is 23.6 Å². The third kappa shape index (κ3) is 8.61. The Morgan fingerprint density at radius 1 is 0.878 bits per heavy atom. The molecule has 4 atom stereocenters. The summed E-state index contributed by atoms with van der Waals surface area (Å²) in [6, 6.07) is 17.0. The highest BCUT2D eigenvalue weighted by Gasteiger charge is 2.50. The molecule has 0 unspecified atom stereocenters. The number of phenolic OH excluding ortho intramolecular Hbond substituents is 1. The largest absolute Gasteiger partial charge is 0.508 e. The van der Waals surface area contributed by atoms with Gasteiger partial charge in [0.25, 0.3) is 11.8 Å². The van der Waals surface area contributed by atoms with Gasteiger partial charge >= 0.3 is 0 Å². The molecule has 4 amide bonds. The first-order chi connectivity index (χ1) is 19.7. The number of phenols is 1. The lowest BCUT2D eigenvalue weighted by Gasteiger charge is -2.22. The van der Waals surface area contributed by atoms with Crippen molar-refractivity contribution in [3.63, 3.8) is 0 Å². The number of nitrogens with two attached hydrogens (primary N) is 1. The number of amides is 4. The van der Waals surface area contributed by atoms with Crippen LogP contribution in [0.5, 0.6) is 5.75 Å². The van der Waals surface area contributed by atoms with Gasteiger partial charge in [-0.15, -0.1) is 0 Å². The average molecular weight is 560 g/mol. The molecule has 2 heterocycles. The number of benzene rings is 2. The molecule has 1 aromatic heterocycles. The molecular weight excluding hydrogens is 526 g/mol. The fourth-order valence-corrected chi connectivity index (χ4v) is 4.26. The molecule has 11 nitrogen and oxygen atoms in total. The minimum Gasteiger partial charge on any atom is -0.508 e. The maximum absolute atomic E-state index is 13.3. The summed E-state index contributed by atoms with van der Waals surface area (Å²) in [7, 11) is 0. The Morgan fingerprint density at radius 2 is 1.51 bits per heavy atom. The SMILES string of the molecule is Cc1ccc(C[C@H](NC(=O)[C@H]2O[C@@H]2C(=O)NCCc2ccccn2)C(=O)N[C@@H](Cc2ccc(O)cc2)C(N)=O)cc1. The number of hydrogen-bond acceptors (Lipinski definition) is 7. The first kappa shape index (κ1) is 29.2. The van der Waals surface area contributed by atoms with Crippen molar-refractivity contribution < 1.29 is 29.0 Å². The van der Waals surface area contributed by atoms with Crippen LogP contribution in [0.3, 0.4) is 0 Å². The maximum atomic E-state index is 13.3. The van der Waals surface area contributed by atoms with Gasteiger partial charge in [0.05, 0.1) is 0 Å². The summed E-state index contributed by atoms with van der Waals surface area (Å²) in [6.45, 7) is 2.26. The van der Waals surface area contributed by atoms with Gasteiger partial charge in [0, 0.05) is 37.7 Å². The second kappa shape index (κ2) is 13.5. The van der Waals surface area contributed by atoms with E-state index in [2.05, 4.69) is 20.9 Å². The standard InChI is InChI=1S/C30H33N5O6/c1-18-5-7-19(8-6-18)17-24(28(38)34-23(27(31)37)16-20-9-11-22(36)12-10-20)35-30(40)26-25(41-26)29(39)33-15-13-21-4-2-3-14-32-21/h2-12,14,23-26,36H,13,15-17H2,1H3,(H2,31,37)(H,33,39)(H,34,38)(H,35,40)/t23-,24-,25-,26-/m0/s1. The molecule has 0 bridgehead atoms. The van der Waals surface area contributed by atoms with Crippen LogP contribution >= 0.6 is 0 Å². The quantitative estimate of drug-likeness (QED) is 0.189. The van der Waals surface area contributed by atoms with Crippen molar-refractivity contribution in [2.75, 3.05) is 6.54 Å². The number of hydrogen-bond donors (Lipinski definition) is 5. The number of aryl methyl sites for hydroxylation is 1. The number of rotatable bonds is 13. The van der Waals surface area contributed by atoms with Crippen molar-refractivity contribution in [1.29, 1.82) is 0 Å². The van der Waals surface area contributed by atoms with Crippen molar-refractivity contribution in [2.45, 2.75) is 50.5 Å². The maximum Gasteiger partial charge on any atom is 0.253 e. The fourth-order valence-electron chi connectivity index (χ4n) is 4.26. The van der Waals surface area contributed by atoms with E-state index in [9.17, 15) is 24.3 Å². The van der Waals surface area contributed by atoms with Gasteiger partial charge in [-0.05, 0) is 42.3 Å². The van der Waals surface area contributed by atoms with Gasteiger partial charge in [-0.2, -0.15) is 0 Å². The molecule has 1 aliphatic heterocycles. The predicted octanol–water partition coefficient (Wildman–Crippen LogP) is 0.462. The molecule has 0 spiro atoms. The van der Waals surface area contributed by atoms with Crippen LogP contribution in [0.2, 0.25) is 0 Å². The highest BCUT2D eigenvalue weighted by molar-refractivity contribution is 5.97. The lowest BCUT2D eigenvalue weighted by Crippen LogP contribution is -2.55. The van der Waals surface area contributed by atoms with E-state index in [4.69, 9.17) is 10.5 Å². The highest BCUT2D eigenvalue weighted by atomic mass is 16.6. The van der Waals surface area contributed by atoms with E-state index >= 15 is 0 Å². The molecule has 11 heteroatoms. The van der Waals surface area contributed by atoms with Gasteiger partial charge < -0.3 is 31.5 Å². The molecule has 214 valence electrons. The summed E-state index contributed by atoms with van der Waals surface area (Å²) in [5, 5.41) is 17.6. The zero-order valence-electron chi connectivity index (χ0n) is 22.6. The van der Waals surface area contributed by atoms with E-state index in [1.165, 1.54) is 12.1 Å². The van der Waals surface area contributed by atoms with Crippen molar-refractivity contribution in [2.24, 2.45) is 5.73 Å². The molecule has 0 aliphatic carbocycles. The Labute approximate surface area is 237 Å². The molecule has 6 N–H and O–H groups in total. The molecule has 2 aromatic carbocycles. The van der Waals surface area contributed by atoms with Crippen LogP contribution in [-0.2, 0) is 43.2 Å². The fraction of sp³-hybridized carbons (Fsp3) is 0.300. The predicted molar refractivity (Wildman–Crippen MR) is 149 cm³/mol. The van der Waals surface area contributed by atoms with Crippen LogP contribution in [-0.4, -0.2) is 64.6 Å². The minimum absolute atomic E-state index is 0.0665. The number of carbonyl (C=O) groups excluding carboxylic acids is 4. The number of epoxide rings is 1. The third-order valence-corrected chi connectivity index (χ3v) is 6.64. The summed E-state index contributed by atoms with van der Waals surface area (Å²) >= 11 is 0. The van der Waals surface area contributed by atoms with Crippen LogP contribution in [0.15, 0.2) is 72.9 Å². The van der Waals surface area contributed by atoms with Crippen LogP contribution in [0.25, 0.3) is 0 Å². The van der Waals surface area contributed by atoms with Gasteiger partial charge in [-0.1, -0.05) is 48.0 Å². The summed E-state index contributed by atoms with van der Waals surface area (Å²) in [5.41, 5.74) is 8.87. The van der Waals surface area contributed by atoms with Crippen molar-refractivity contribution in [3.05, 3.63) is 95.3 Å². The van der Waals surface area contributed by atoms with Crippen LogP contribution < -0.4 is 21.7 Å². The van der Waals surface area contributed by atoms with Gasteiger partial charge in [-0.25, -0.2) is 0 Å². The van der Waals surface area contributed by atoms with Crippen LogP contribution in [0.4, 0.5) is 0 Å². The molecule has 1 saturated heterocycles. The van der Waals surface area contributed by atoms with E-state index in [0.717, 1.165) is 16.8 Å². The third-order valence-electron chi connectivity index (χ3n) is 6.64. The van der Waals surface area contributed by atoms with Gasteiger partial charge in [0.2, 0.25) is 11.8 Å². The average Bonchev–Trinajstić information content (AvgIpc) is 3.76. The molecule has 41 heavy (non-hydrogen) atoms. The van der Waals surface area contributed by atoms with Crippen LogP contribution in [0.1, 0.15) is 22.4 Å². The molecule has 1 aliphatic rings. The number of ether oxygens (including phenoxy) is 1. The minimum atomic E-state index is -1.07. The molecule has 1 fully saturated rings. The Kier molecular flexibility index (Phi) is 9.64. The van der Waals surface area contributed by atoms with E-state index in [1.54, 1.807) is 24.4 Å². The lowest BCUT2D eigenvalue weighted by molar-refractivity contribution is -0.131. The number of nitrogens with zero attached hydrogens (tertiary/aromatic N) is 1. The van der Waals surface area contributed by atoms with Crippen molar-refractivity contribution in [1.82, 2.24) is 20.9 Å². The lowest BCUT2D eigenvalue weighted by atomic mass is 10.0. The molecule has 3 aromatic rings. The normalized spacial score (nSPS) is 17.1. The van der Waals surface area contributed by atoms with Crippen molar-refractivity contribution in [3.8, 4) is 5.75 Å². The van der Waals surface area contributed by atoms with E-state index < -0.39 is 47.9 Å². The first-order valence-corrected chi connectivity index (χ1v) is 13.3. The Morgan fingerprint density at radius 3 is 2.15 bits per heavy atom. The number of nitrogens with one attached hydrogen (secondary N) is 3. The van der Waals surface area contributed by atoms with Gasteiger partial charge in [0.15, 0.2) is 12.2 Å². The van der Waals surface area contributed by atoms with E-state index in [0.29, 0.717) is 18.5 Å². The monoisotopic (exact) mass is 559 g/mol. The zero-order valence-corrected chi connectivity index (χ0v) is 22.6. The number of aromatic hydroxyl groups is 1. The Bertz CT molecular complexity index is 1360. The number of carbonyl (C=O) groups is 4. The Hall–Kier alpha value is -4.77. The highest BCUT2D eigenvalue weighted by Crippen LogP contribution is 2.23. The molecule has 0 radical (unpaired) electrons. The summed E-state index contributed by atoms with van der Waals surface area (Å²) < 4.78 is 5.33. The molecular formula is C30H33N5O6. The summed E-state index contributed by atoms with van der Waals surface area (Å²) in [4.78, 5) is 55.2. The van der Waals surface area contributed by atoms with Gasteiger partial charge in [0.1, 0.15) is 17.8 Å². The second-order valence-electron chi connectivity index (χ2n) is 9.92. The molecule has 0 saturated carbocycles. The topological polar surface area (TPSA) is 176 Å². The molecule has 4 rings (SSSR count). The van der Waals surface area contributed by atoms with E-state index in [-0.39, 0.29) is 18.6 Å². The first-order valence-electron chi connectivity index (χ1n) is 13.3. The number of aromatic nitrogens is 1. The smallest absolute Gasteiger partial charge is 0.253 e. The second-order valence-corrected chi connectivity index (χ2v) is 9.92. The number of primary amides is 1. The van der Waals surface area contributed by atoms with Gasteiger partial charge in [-0.3, -0.25) is 24.2 Å². The number of pyridine rings is 1.